The third kappa shape index (κ3) is 5.95. The SMILES string of the molecule is CC1CCN(Cc2ccccc2CNC(=O)C(NC(=O)c2ccco2)C(C)C)CC1. The molecular formula is C24H33N3O3. The molecular weight excluding hydrogens is 378 g/mol. The standard InChI is InChI=1S/C24H33N3O3/c1-17(2)22(26-23(28)21-9-6-14-30-21)24(29)25-15-19-7-4-5-8-20(19)16-27-12-10-18(3)11-13-27/h4-9,14,17-18,22H,10-13,15-16H2,1-3H3,(H,25,29)(H,26,28). The van der Waals surface area contributed by atoms with E-state index in [1.54, 1.807) is 12.1 Å². The normalized spacial score (nSPS) is 16.4. The molecule has 6 nitrogen and oxygen atoms in total. The van der Waals surface area contributed by atoms with E-state index < -0.39 is 6.04 Å². The molecule has 0 saturated carbocycles. The number of hydrogen-bond acceptors (Lipinski definition) is 4. The van der Waals surface area contributed by atoms with Crippen LogP contribution in [0.1, 0.15) is 55.3 Å². The Balaban J connectivity index is 1.59. The predicted molar refractivity (Wildman–Crippen MR) is 117 cm³/mol. The van der Waals surface area contributed by atoms with Crippen molar-refractivity contribution in [3.8, 4) is 0 Å². The van der Waals surface area contributed by atoms with Gasteiger partial charge in [-0.2, -0.15) is 0 Å². The zero-order valence-electron chi connectivity index (χ0n) is 18.2. The van der Waals surface area contributed by atoms with Crippen LogP contribution in [0.3, 0.4) is 0 Å². The number of nitrogens with one attached hydrogen (secondary N) is 2. The Kier molecular flexibility index (Phi) is 7.69. The molecule has 2 amide bonds. The Labute approximate surface area is 179 Å². The van der Waals surface area contributed by atoms with Gasteiger partial charge in [-0.05, 0) is 61.0 Å². The quantitative estimate of drug-likeness (QED) is 0.696. The first kappa shape index (κ1) is 22.1. The average Bonchev–Trinajstić information content (AvgIpc) is 3.27. The lowest BCUT2D eigenvalue weighted by atomic mass is 9.98. The van der Waals surface area contributed by atoms with Crippen LogP contribution >= 0.6 is 0 Å². The highest BCUT2D eigenvalue weighted by Crippen LogP contribution is 2.19. The summed E-state index contributed by atoms with van der Waals surface area (Å²) < 4.78 is 5.13. The van der Waals surface area contributed by atoms with Crippen LogP contribution in [0.4, 0.5) is 0 Å². The minimum absolute atomic E-state index is 0.0468. The van der Waals surface area contributed by atoms with E-state index in [4.69, 9.17) is 4.42 Å². The minimum atomic E-state index is -0.627. The van der Waals surface area contributed by atoms with E-state index in [1.807, 2.05) is 26.0 Å². The van der Waals surface area contributed by atoms with Crippen molar-refractivity contribution < 1.29 is 14.0 Å². The summed E-state index contributed by atoms with van der Waals surface area (Å²) in [6, 6.07) is 10.9. The molecule has 0 bridgehead atoms. The van der Waals surface area contributed by atoms with E-state index in [0.717, 1.165) is 31.1 Å². The van der Waals surface area contributed by atoms with Gasteiger partial charge in [-0.1, -0.05) is 45.0 Å². The van der Waals surface area contributed by atoms with Crippen molar-refractivity contribution in [3.05, 3.63) is 59.5 Å². The van der Waals surface area contributed by atoms with Gasteiger partial charge < -0.3 is 15.1 Å². The Morgan fingerprint density at radius 2 is 1.80 bits per heavy atom. The van der Waals surface area contributed by atoms with E-state index in [9.17, 15) is 9.59 Å². The van der Waals surface area contributed by atoms with Crippen molar-refractivity contribution in [3.63, 3.8) is 0 Å². The Hall–Kier alpha value is -2.60. The van der Waals surface area contributed by atoms with Gasteiger partial charge in [0.1, 0.15) is 6.04 Å². The number of piperidine rings is 1. The van der Waals surface area contributed by atoms with Gasteiger partial charge >= 0.3 is 0 Å². The van der Waals surface area contributed by atoms with Gasteiger partial charge in [-0.25, -0.2) is 0 Å². The lowest BCUT2D eigenvalue weighted by molar-refractivity contribution is -0.124. The second-order valence-corrected chi connectivity index (χ2v) is 8.62. The summed E-state index contributed by atoms with van der Waals surface area (Å²) in [5.41, 5.74) is 2.36. The first-order chi connectivity index (χ1) is 14.4. The summed E-state index contributed by atoms with van der Waals surface area (Å²) in [6.45, 7) is 9.74. The molecule has 1 fully saturated rings. The molecule has 2 N–H and O–H groups in total. The van der Waals surface area contributed by atoms with Crippen LogP contribution < -0.4 is 10.6 Å². The molecule has 1 atom stereocenters. The van der Waals surface area contributed by atoms with E-state index in [-0.39, 0.29) is 23.5 Å². The number of likely N-dealkylation sites (tertiary alicyclic amines) is 1. The first-order valence-corrected chi connectivity index (χ1v) is 10.8. The van der Waals surface area contributed by atoms with Crippen molar-refractivity contribution in [2.75, 3.05) is 13.1 Å². The van der Waals surface area contributed by atoms with Crippen LogP contribution in [-0.2, 0) is 17.9 Å². The molecule has 162 valence electrons. The van der Waals surface area contributed by atoms with Crippen molar-refractivity contribution in [2.24, 2.45) is 11.8 Å². The van der Waals surface area contributed by atoms with Gasteiger partial charge in [-0.15, -0.1) is 0 Å². The number of amides is 2. The van der Waals surface area contributed by atoms with Crippen LogP contribution in [0, 0.1) is 11.8 Å². The Morgan fingerprint density at radius 3 is 2.43 bits per heavy atom. The largest absolute Gasteiger partial charge is 0.459 e. The molecule has 0 spiro atoms. The molecule has 1 saturated heterocycles. The van der Waals surface area contributed by atoms with Crippen LogP contribution in [0.15, 0.2) is 47.1 Å². The highest BCUT2D eigenvalue weighted by Gasteiger charge is 2.25. The van der Waals surface area contributed by atoms with Crippen LogP contribution in [0.5, 0.6) is 0 Å². The van der Waals surface area contributed by atoms with Gasteiger partial charge in [0, 0.05) is 13.1 Å². The monoisotopic (exact) mass is 411 g/mol. The average molecular weight is 412 g/mol. The van der Waals surface area contributed by atoms with Gasteiger partial charge in [-0.3, -0.25) is 14.5 Å². The number of carbonyl (C=O) groups is 2. The molecule has 1 aromatic heterocycles. The second kappa shape index (κ2) is 10.4. The summed E-state index contributed by atoms with van der Waals surface area (Å²) in [4.78, 5) is 27.6. The summed E-state index contributed by atoms with van der Waals surface area (Å²) in [6.07, 6.45) is 3.92. The van der Waals surface area contributed by atoms with Crippen molar-refractivity contribution in [2.45, 2.75) is 52.7 Å². The zero-order chi connectivity index (χ0) is 21.5. The predicted octanol–water partition coefficient (Wildman–Crippen LogP) is 3.58. The summed E-state index contributed by atoms with van der Waals surface area (Å²) >= 11 is 0. The van der Waals surface area contributed by atoms with Crippen molar-refractivity contribution in [1.29, 1.82) is 0 Å². The molecule has 0 aliphatic carbocycles. The third-order valence-corrected chi connectivity index (χ3v) is 5.82. The van der Waals surface area contributed by atoms with E-state index in [1.165, 1.54) is 24.7 Å². The fraction of sp³-hybridized carbons (Fsp3) is 0.500. The summed E-state index contributed by atoms with van der Waals surface area (Å²) in [5.74, 6) is 0.393. The smallest absolute Gasteiger partial charge is 0.287 e. The number of nitrogens with zero attached hydrogens (tertiary/aromatic N) is 1. The Bertz CT molecular complexity index is 824. The molecule has 1 aliphatic heterocycles. The van der Waals surface area contributed by atoms with Gasteiger partial charge in [0.05, 0.1) is 6.26 Å². The van der Waals surface area contributed by atoms with Gasteiger partial charge in [0.25, 0.3) is 5.91 Å². The van der Waals surface area contributed by atoms with Gasteiger partial charge in [0.2, 0.25) is 5.91 Å². The maximum absolute atomic E-state index is 12.8. The summed E-state index contributed by atoms with van der Waals surface area (Å²) in [7, 11) is 0. The molecule has 1 unspecified atom stereocenters. The number of carbonyl (C=O) groups excluding carboxylic acids is 2. The molecule has 3 rings (SSSR count). The molecule has 30 heavy (non-hydrogen) atoms. The Morgan fingerprint density at radius 1 is 1.10 bits per heavy atom. The van der Waals surface area contributed by atoms with E-state index in [2.05, 4.69) is 34.6 Å². The molecule has 1 aliphatic rings. The number of rotatable bonds is 8. The fourth-order valence-corrected chi connectivity index (χ4v) is 3.79. The highest BCUT2D eigenvalue weighted by molar-refractivity contribution is 5.95. The first-order valence-electron chi connectivity index (χ1n) is 10.8. The van der Waals surface area contributed by atoms with Gasteiger partial charge in [0.15, 0.2) is 5.76 Å². The number of furan rings is 1. The zero-order valence-corrected chi connectivity index (χ0v) is 18.2. The maximum Gasteiger partial charge on any atom is 0.287 e. The molecule has 2 heterocycles. The van der Waals surface area contributed by atoms with Crippen LogP contribution in [0.25, 0.3) is 0 Å². The van der Waals surface area contributed by atoms with Crippen LogP contribution in [0.2, 0.25) is 0 Å². The second-order valence-electron chi connectivity index (χ2n) is 8.62. The third-order valence-electron chi connectivity index (χ3n) is 5.82. The van der Waals surface area contributed by atoms with Crippen molar-refractivity contribution in [1.82, 2.24) is 15.5 Å². The van der Waals surface area contributed by atoms with Crippen molar-refractivity contribution >= 4 is 11.8 Å². The minimum Gasteiger partial charge on any atom is -0.459 e. The molecule has 1 aromatic carbocycles. The van der Waals surface area contributed by atoms with E-state index >= 15 is 0 Å². The number of hydrogen-bond donors (Lipinski definition) is 2. The topological polar surface area (TPSA) is 74.6 Å². The highest BCUT2D eigenvalue weighted by atomic mass is 16.3. The lowest BCUT2D eigenvalue weighted by Gasteiger charge is -2.30. The molecule has 0 radical (unpaired) electrons. The van der Waals surface area contributed by atoms with Crippen LogP contribution in [-0.4, -0.2) is 35.8 Å². The summed E-state index contributed by atoms with van der Waals surface area (Å²) in [5, 5.41) is 5.80. The number of benzene rings is 1. The fourth-order valence-electron chi connectivity index (χ4n) is 3.79. The lowest BCUT2D eigenvalue weighted by Crippen LogP contribution is -2.49. The molecule has 6 heteroatoms. The molecule has 2 aromatic rings. The van der Waals surface area contributed by atoms with E-state index in [0.29, 0.717) is 6.54 Å². The maximum atomic E-state index is 12.8.